The van der Waals surface area contributed by atoms with Crippen LogP contribution in [-0.4, -0.2) is 40.5 Å². The first-order valence-corrected chi connectivity index (χ1v) is 11.5. The number of pyridine rings is 1. The molecular formula is C25H27F3N6O. The van der Waals surface area contributed by atoms with Crippen LogP contribution < -0.4 is 10.2 Å². The largest absolute Gasteiger partial charge is 0.418 e. The van der Waals surface area contributed by atoms with Gasteiger partial charge in [0, 0.05) is 23.5 Å². The molecule has 35 heavy (non-hydrogen) atoms. The fourth-order valence-corrected chi connectivity index (χ4v) is 4.51. The van der Waals surface area contributed by atoms with E-state index in [-0.39, 0.29) is 17.7 Å². The number of nitrogens with zero attached hydrogens (tertiary/aromatic N) is 5. The molecule has 0 aliphatic carbocycles. The topological polar surface area (TPSA) is 87.0 Å². The summed E-state index contributed by atoms with van der Waals surface area (Å²) < 4.78 is 47.3. The van der Waals surface area contributed by atoms with Crippen LogP contribution in [0, 0.1) is 18.3 Å². The number of morpholine rings is 1. The molecule has 0 saturated carbocycles. The van der Waals surface area contributed by atoms with Crippen molar-refractivity contribution in [2.75, 3.05) is 23.4 Å². The summed E-state index contributed by atoms with van der Waals surface area (Å²) in [5.41, 5.74) is -0.721. The number of nitrogens with one attached hydrogen (secondary N) is 1. The summed E-state index contributed by atoms with van der Waals surface area (Å²) >= 11 is 0. The summed E-state index contributed by atoms with van der Waals surface area (Å²) in [5.74, 6) is 1.11. The van der Waals surface area contributed by atoms with Gasteiger partial charge in [0.25, 0.3) is 0 Å². The predicted molar refractivity (Wildman–Crippen MR) is 127 cm³/mol. The molecule has 0 unspecified atom stereocenters. The molecule has 1 aromatic carbocycles. The van der Waals surface area contributed by atoms with Crippen molar-refractivity contribution in [3.8, 4) is 6.07 Å². The van der Waals surface area contributed by atoms with Gasteiger partial charge in [-0.1, -0.05) is 19.1 Å². The van der Waals surface area contributed by atoms with Gasteiger partial charge < -0.3 is 15.0 Å². The number of hydrogen-bond donors (Lipinski definition) is 1. The van der Waals surface area contributed by atoms with Crippen LogP contribution in [0.1, 0.15) is 55.6 Å². The van der Waals surface area contributed by atoms with Gasteiger partial charge in [0.15, 0.2) is 5.82 Å². The van der Waals surface area contributed by atoms with Crippen LogP contribution in [0.2, 0.25) is 0 Å². The van der Waals surface area contributed by atoms with Crippen molar-refractivity contribution in [3.63, 3.8) is 0 Å². The number of benzene rings is 1. The molecule has 184 valence electrons. The number of alkyl halides is 3. The number of nitriles is 1. The molecule has 2 aromatic heterocycles. The van der Waals surface area contributed by atoms with E-state index in [1.54, 1.807) is 19.2 Å². The number of anilines is 2. The average Bonchev–Trinajstić information content (AvgIpc) is 2.84. The highest BCUT2D eigenvalue weighted by atomic mass is 19.4. The highest BCUT2D eigenvalue weighted by Gasteiger charge is 2.37. The highest BCUT2D eigenvalue weighted by molar-refractivity contribution is 5.94. The van der Waals surface area contributed by atoms with Crippen LogP contribution in [-0.2, 0) is 10.9 Å². The zero-order chi connectivity index (χ0) is 25.3. The fraction of sp³-hybridized carbons (Fsp3) is 0.440. The van der Waals surface area contributed by atoms with E-state index >= 15 is 0 Å². The van der Waals surface area contributed by atoms with Gasteiger partial charge >= 0.3 is 6.18 Å². The molecule has 1 aliphatic heterocycles. The van der Waals surface area contributed by atoms with E-state index < -0.39 is 23.3 Å². The average molecular weight is 485 g/mol. The maximum atomic E-state index is 13.8. The lowest BCUT2D eigenvalue weighted by atomic mass is 9.96. The fourth-order valence-electron chi connectivity index (χ4n) is 4.51. The van der Waals surface area contributed by atoms with Crippen LogP contribution in [0.25, 0.3) is 10.8 Å². The van der Waals surface area contributed by atoms with Crippen molar-refractivity contribution in [1.82, 2.24) is 15.2 Å². The van der Waals surface area contributed by atoms with Gasteiger partial charge in [-0.25, -0.2) is 4.98 Å². The van der Waals surface area contributed by atoms with Crippen LogP contribution >= 0.6 is 0 Å². The Balaban J connectivity index is 1.76. The van der Waals surface area contributed by atoms with E-state index in [1.165, 1.54) is 18.2 Å². The molecule has 3 atom stereocenters. The predicted octanol–water partition coefficient (Wildman–Crippen LogP) is 5.40. The van der Waals surface area contributed by atoms with E-state index in [0.717, 1.165) is 17.6 Å². The maximum absolute atomic E-state index is 13.8. The van der Waals surface area contributed by atoms with Crippen LogP contribution in [0.3, 0.4) is 0 Å². The second-order valence-corrected chi connectivity index (χ2v) is 8.83. The van der Waals surface area contributed by atoms with E-state index in [0.29, 0.717) is 30.0 Å². The molecule has 7 nitrogen and oxygen atoms in total. The lowest BCUT2D eigenvalue weighted by Gasteiger charge is -2.39. The van der Waals surface area contributed by atoms with E-state index in [1.807, 2.05) is 19.9 Å². The van der Waals surface area contributed by atoms with Crippen molar-refractivity contribution >= 4 is 22.4 Å². The van der Waals surface area contributed by atoms with Gasteiger partial charge in [0.2, 0.25) is 0 Å². The summed E-state index contributed by atoms with van der Waals surface area (Å²) in [7, 11) is 0. The number of hydrogen-bond acceptors (Lipinski definition) is 7. The van der Waals surface area contributed by atoms with Crippen molar-refractivity contribution in [2.45, 2.75) is 58.5 Å². The van der Waals surface area contributed by atoms with E-state index in [2.05, 4.69) is 32.3 Å². The molecule has 1 fully saturated rings. The Bertz CT molecular complexity index is 1270. The summed E-state index contributed by atoms with van der Waals surface area (Å²) in [4.78, 5) is 6.86. The van der Waals surface area contributed by atoms with Crippen molar-refractivity contribution in [3.05, 3.63) is 52.8 Å². The zero-order valence-corrected chi connectivity index (χ0v) is 20.0. The van der Waals surface area contributed by atoms with Gasteiger partial charge in [-0.2, -0.15) is 23.5 Å². The molecular weight excluding hydrogens is 457 g/mol. The summed E-state index contributed by atoms with van der Waals surface area (Å²) in [5, 5.41) is 22.3. The van der Waals surface area contributed by atoms with Gasteiger partial charge in [0.05, 0.1) is 47.7 Å². The standard InChI is InChI=1S/C25H27F3N6O/c1-5-18-13-35-14(2)12-34(18)22-9-20-21(11-30-22)16(4)32-33-24(20)31-15(3)19-8-6-7-17(10-29)23(19)25(26,27)28/h6-9,11,14-15,18H,5,12-13H2,1-4H3,(H,31,33)/t14-,15-,18-/m1/s1. The molecule has 1 saturated heterocycles. The molecule has 0 bridgehead atoms. The van der Waals surface area contributed by atoms with Crippen molar-refractivity contribution in [1.29, 1.82) is 5.26 Å². The normalized spacial score (nSPS) is 19.4. The Morgan fingerprint density at radius 2 is 2.06 bits per heavy atom. The Hall–Kier alpha value is -3.45. The molecule has 1 N–H and O–H groups in total. The minimum atomic E-state index is -4.67. The first kappa shape index (κ1) is 24.7. The third-order valence-corrected chi connectivity index (χ3v) is 6.39. The minimum absolute atomic E-state index is 0.0330. The Labute approximate surface area is 201 Å². The van der Waals surface area contributed by atoms with Crippen molar-refractivity contribution < 1.29 is 17.9 Å². The number of halogens is 3. The zero-order valence-electron chi connectivity index (χ0n) is 20.0. The van der Waals surface area contributed by atoms with Crippen molar-refractivity contribution in [2.24, 2.45) is 0 Å². The SMILES string of the molecule is CC[C@@H]1CO[C@H](C)CN1c1cc2c(N[C@H](C)c3cccc(C#N)c3C(F)(F)F)nnc(C)c2cn1. The second kappa shape index (κ2) is 9.66. The number of aryl methyl sites for hydroxylation is 1. The Kier molecular flexibility index (Phi) is 6.81. The van der Waals surface area contributed by atoms with Crippen LogP contribution in [0.4, 0.5) is 24.8 Å². The lowest BCUT2D eigenvalue weighted by Crippen LogP contribution is -2.49. The van der Waals surface area contributed by atoms with E-state index in [9.17, 15) is 18.4 Å². The molecule has 3 heterocycles. The van der Waals surface area contributed by atoms with Gasteiger partial charge in [-0.3, -0.25) is 0 Å². The maximum Gasteiger partial charge on any atom is 0.418 e. The summed E-state index contributed by atoms with van der Waals surface area (Å²) in [6.07, 6.45) is -2.00. The van der Waals surface area contributed by atoms with Gasteiger partial charge in [-0.15, -0.1) is 5.10 Å². The lowest BCUT2D eigenvalue weighted by molar-refractivity contribution is -0.138. The molecule has 0 spiro atoms. The quantitative estimate of drug-likeness (QED) is 0.519. The first-order valence-electron chi connectivity index (χ1n) is 11.5. The monoisotopic (exact) mass is 484 g/mol. The number of fused-ring (bicyclic) bond motifs is 1. The molecule has 10 heteroatoms. The molecule has 0 amide bonds. The summed E-state index contributed by atoms with van der Waals surface area (Å²) in [6.45, 7) is 8.81. The summed E-state index contributed by atoms with van der Waals surface area (Å²) in [6, 6.07) is 6.94. The number of aromatic nitrogens is 3. The first-order chi connectivity index (χ1) is 16.6. The Morgan fingerprint density at radius 3 is 2.74 bits per heavy atom. The number of ether oxygens (including phenoxy) is 1. The second-order valence-electron chi connectivity index (χ2n) is 8.83. The number of rotatable bonds is 5. The third kappa shape index (κ3) is 4.86. The highest BCUT2D eigenvalue weighted by Crippen LogP contribution is 2.38. The molecule has 1 aliphatic rings. The van der Waals surface area contributed by atoms with Crippen LogP contribution in [0.5, 0.6) is 0 Å². The minimum Gasteiger partial charge on any atom is -0.375 e. The molecule has 3 aromatic rings. The Morgan fingerprint density at radius 1 is 1.29 bits per heavy atom. The molecule has 4 rings (SSSR count). The van der Waals surface area contributed by atoms with Gasteiger partial charge in [-0.05, 0) is 44.9 Å². The third-order valence-electron chi connectivity index (χ3n) is 6.39. The van der Waals surface area contributed by atoms with Crippen LogP contribution in [0.15, 0.2) is 30.5 Å². The van der Waals surface area contributed by atoms with E-state index in [4.69, 9.17) is 4.74 Å². The molecule has 0 radical (unpaired) electrons. The van der Waals surface area contributed by atoms with Gasteiger partial charge in [0.1, 0.15) is 5.82 Å². The smallest absolute Gasteiger partial charge is 0.375 e.